The molecule has 0 fully saturated rings. The molecular formula is C6H9N5S. The fourth-order valence-electron chi connectivity index (χ4n) is 0.812. The van der Waals surface area contributed by atoms with Crippen LogP contribution in [0.25, 0.3) is 0 Å². The summed E-state index contributed by atoms with van der Waals surface area (Å²) in [5.41, 5.74) is 5.94. The van der Waals surface area contributed by atoms with E-state index in [4.69, 9.17) is 18.0 Å². The number of rotatable bonds is 2. The Morgan fingerprint density at radius 1 is 1.75 bits per heavy atom. The van der Waals surface area contributed by atoms with Crippen LogP contribution in [-0.2, 0) is 0 Å². The first kappa shape index (κ1) is 8.66. The van der Waals surface area contributed by atoms with E-state index in [0.717, 1.165) is 0 Å². The molecule has 1 rings (SSSR count). The molecule has 0 aliphatic rings. The number of hydrogen-bond acceptors (Lipinski definition) is 5. The van der Waals surface area contributed by atoms with Gasteiger partial charge in [0.2, 0.25) is 0 Å². The lowest BCUT2D eigenvalue weighted by Gasteiger charge is -2.04. The van der Waals surface area contributed by atoms with Gasteiger partial charge >= 0.3 is 0 Å². The van der Waals surface area contributed by atoms with Crippen molar-refractivity contribution in [2.75, 3.05) is 18.1 Å². The fraction of sp³-hybridized carbons (Fsp3) is 0.167. The highest BCUT2D eigenvalue weighted by molar-refractivity contribution is 7.71. The molecule has 0 unspecified atom stereocenters. The zero-order valence-corrected chi connectivity index (χ0v) is 7.40. The molecule has 0 saturated carbocycles. The Labute approximate surface area is 74.7 Å². The molecule has 1 heterocycles. The molecule has 12 heavy (non-hydrogen) atoms. The molecule has 1 aromatic rings. The van der Waals surface area contributed by atoms with Gasteiger partial charge in [0.25, 0.3) is 0 Å². The smallest absolute Gasteiger partial charge is 0.200 e. The summed E-state index contributed by atoms with van der Waals surface area (Å²) in [6.45, 7) is 3.37. The van der Waals surface area contributed by atoms with Crippen LogP contribution in [0.15, 0.2) is 4.99 Å². The van der Waals surface area contributed by atoms with E-state index in [1.807, 2.05) is 0 Å². The number of hydrogen-bond donors (Lipinski definition) is 3. The molecule has 0 atom stereocenters. The second kappa shape index (κ2) is 3.31. The lowest BCUT2D eigenvalue weighted by Crippen LogP contribution is -2.00. The van der Waals surface area contributed by atoms with Gasteiger partial charge in [-0.2, -0.15) is 0 Å². The van der Waals surface area contributed by atoms with Crippen molar-refractivity contribution < 1.29 is 0 Å². The van der Waals surface area contributed by atoms with Crippen LogP contribution in [-0.4, -0.2) is 23.7 Å². The van der Waals surface area contributed by atoms with Gasteiger partial charge in [0.05, 0.1) is 0 Å². The van der Waals surface area contributed by atoms with Crippen LogP contribution >= 0.6 is 12.2 Å². The van der Waals surface area contributed by atoms with Gasteiger partial charge in [-0.3, -0.25) is 4.99 Å². The van der Waals surface area contributed by atoms with Crippen LogP contribution < -0.4 is 11.1 Å². The van der Waals surface area contributed by atoms with E-state index in [2.05, 4.69) is 27.0 Å². The van der Waals surface area contributed by atoms with Crippen molar-refractivity contribution in [2.45, 2.75) is 0 Å². The zero-order chi connectivity index (χ0) is 9.14. The van der Waals surface area contributed by atoms with Gasteiger partial charge in [0.1, 0.15) is 11.5 Å². The number of aliphatic imine (C=N–C) groups is 1. The Hall–Kier alpha value is -1.43. The maximum Gasteiger partial charge on any atom is 0.200 e. The van der Waals surface area contributed by atoms with E-state index in [1.54, 1.807) is 7.05 Å². The van der Waals surface area contributed by atoms with Crippen LogP contribution in [0.3, 0.4) is 0 Å². The normalized spacial score (nSPS) is 9.42. The van der Waals surface area contributed by atoms with Crippen molar-refractivity contribution >= 4 is 36.4 Å². The van der Waals surface area contributed by atoms with Crippen molar-refractivity contribution in [3.8, 4) is 0 Å². The van der Waals surface area contributed by atoms with Gasteiger partial charge in [-0.15, -0.1) is 0 Å². The van der Waals surface area contributed by atoms with Crippen LogP contribution in [0.1, 0.15) is 0 Å². The molecule has 0 aromatic carbocycles. The van der Waals surface area contributed by atoms with E-state index in [0.29, 0.717) is 16.1 Å². The molecule has 5 nitrogen and oxygen atoms in total. The molecule has 0 saturated heterocycles. The van der Waals surface area contributed by atoms with E-state index < -0.39 is 0 Å². The predicted molar refractivity (Wildman–Crippen MR) is 52.6 cm³/mol. The van der Waals surface area contributed by atoms with Crippen molar-refractivity contribution in [3.05, 3.63) is 4.64 Å². The third-order valence-electron chi connectivity index (χ3n) is 1.32. The number of aromatic nitrogens is 2. The Morgan fingerprint density at radius 3 is 2.92 bits per heavy atom. The standard InChI is InChI=1S/C6H9N5S/c1-8-3-4(9-2)10-6(7)11-5(3)12/h1H2,2H3,(H4,7,9,10,11,12). The molecule has 0 bridgehead atoms. The predicted octanol–water partition coefficient (Wildman–Crippen LogP) is 1.10. The number of H-pyrrole nitrogens is 1. The molecule has 64 valence electrons. The largest absolute Gasteiger partial charge is 0.373 e. The van der Waals surface area contributed by atoms with Gasteiger partial charge in [0.15, 0.2) is 10.6 Å². The SMILES string of the molecule is C=Nc1c(NC)[nH]c(N)nc1=S. The van der Waals surface area contributed by atoms with Crippen LogP contribution in [0.4, 0.5) is 17.5 Å². The van der Waals surface area contributed by atoms with Crippen molar-refractivity contribution in [1.82, 2.24) is 9.97 Å². The average molecular weight is 183 g/mol. The molecule has 0 amide bonds. The lowest BCUT2D eigenvalue weighted by atomic mass is 10.5. The summed E-state index contributed by atoms with van der Waals surface area (Å²) in [6, 6.07) is 0. The summed E-state index contributed by atoms with van der Waals surface area (Å²) in [5, 5.41) is 2.85. The number of nitrogens with two attached hydrogens (primary N) is 1. The monoisotopic (exact) mass is 183 g/mol. The molecule has 1 aromatic heterocycles. The first-order valence-electron chi connectivity index (χ1n) is 3.23. The Kier molecular flexibility index (Phi) is 2.39. The average Bonchev–Trinajstić information content (AvgIpc) is 2.03. The topological polar surface area (TPSA) is 79.1 Å². The Morgan fingerprint density at radius 2 is 2.42 bits per heavy atom. The van der Waals surface area contributed by atoms with Crippen molar-refractivity contribution in [3.63, 3.8) is 0 Å². The summed E-state index contributed by atoms with van der Waals surface area (Å²) >= 11 is 4.91. The summed E-state index contributed by atoms with van der Waals surface area (Å²) in [7, 11) is 1.73. The van der Waals surface area contributed by atoms with Gasteiger partial charge in [-0.05, 0) is 6.72 Å². The Balaban J connectivity index is 3.44. The second-order valence-corrected chi connectivity index (χ2v) is 2.45. The maximum atomic E-state index is 5.42. The summed E-state index contributed by atoms with van der Waals surface area (Å²) in [6.07, 6.45) is 0. The second-order valence-electron chi connectivity index (χ2n) is 2.06. The first-order valence-corrected chi connectivity index (χ1v) is 3.64. The molecule has 0 spiro atoms. The highest BCUT2D eigenvalue weighted by Gasteiger charge is 2.02. The van der Waals surface area contributed by atoms with Gasteiger partial charge in [-0.1, -0.05) is 12.2 Å². The van der Waals surface area contributed by atoms with E-state index in [9.17, 15) is 0 Å². The van der Waals surface area contributed by atoms with Crippen LogP contribution in [0, 0.1) is 4.64 Å². The highest BCUT2D eigenvalue weighted by Crippen LogP contribution is 2.22. The highest BCUT2D eigenvalue weighted by atomic mass is 32.1. The molecule has 0 aliphatic carbocycles. The van der Waals surface area contributed by atoms with Gasteiger partial charge in [-0.25, -0.2) is 4.98 Å². The van der Waals surface area contributed by atoms with Crippen molar-refractivity contribution in [1.29, 1.82) is 0 Å². The molecule has 0 aliphatic heterocycles. The van der Waals surface area contributed by atoms with Crippen LogP contribution in [0.2, 0.25) is 0 Å². The van der Waals surface area contributed by atoms with E-state index in [1.165, 1.54) is 0 Å². The molecular weight excluding hydrogens is 174 g/mol. The third-order valence-corrected chi connectivity index (χ3v) is 1.61. The van der Waals surface area contributed by atoms with Crippen molar-refractivity contribution in [2.24, 2.45) is 4.99 Å². The summed E-state index contributed by atoms with van der Waals surface area (Å²) in [5.74, 6) is 0.888. The summed E-state index contributed by atoms with van der Waals surface area (Å²) in [4.78, 5) is 10.3. The van der Waals surface area contributed by atoms with Crippen LogP contribution in [0.5, 0.6) is 0 Å². The number of anilines is 2. The number of nitrogens with zero attached hydrogens (tertiary/aromatic N) is 2. The number of aromatic amines is 1. The van der Waals surface area contributed by atoms with E-state index in [-0.39, 0.29) is 5.95 Å². The van der Waals surface area contributed by atoms with E-state index >= 15 is 0 Å². The fourth-order valence-corrected chi connectivity index (χ4v) is 1.08. The minimum atomic E-state index is 0.261. The molecule has 0 radical (unpaired) electrons. The maximum absolute atomic E-state index is 5.42. The molecule has 4 N–H and O–H groups in total. The minimum absolute atomic E-state index is 0.261. The first-order chi connectivity index (χ1) is 5.69. The lowest BCUT2D eigenvalue weighted by molar-refractivity contribution is 1.15. The number of nitrogens with one attached hydrogen (secondary N) is 2. The van der Waals surface area contributed by atoms with Gasteiger partial charge < -0.3 is 16.0 Å². The van der Waals surface area contributed by atoms with Gasteiger partial charge in [0, 0.05) is 7.05 Å². The Bertz CT molecular complexity index is 355. The zero-order valence-electron chi connectivity index (χ0n) is 6.59. The number of nitrogen functional groups attached to an aromatic ring is 1. The minimum Gasteiger partial charge on any atom is -0.373 e. The third kappa shape index (κ3) is 1.42. The summed E-state index contributed by atoms with van der Waals surface area (Å²) < 4.78 is 0.339. The quantitative estimate of drug-likeness (QED) is 0.473. The molecule has 6 heteroatoms.